The maximum atomic E-state index is 4.96. The Morgan fingerprint density at radius 2 is 2.62 bits per heavy atom. The van der Waals surface area contributed by atoms with Crippen LogP contribution in [0.25, 0.3) is 0 Å². The topological polar surface area (TPSA) is 24.6 Å². The molecular weight excluding hydrogens is 102 g/mol. The molecule has 46 valence electrons. The summed E-state index contributed by atoms with van der Waals surface area (Å²) in [6.45, 7) is 3.88. The average molecular weight is 113 g/mol. The van der Waals surface area contributed by atoms with E-state index in [-0.39, 0.29) is 0 Å². The predicted octanol–water partition coefficient (Wildman–Crippen LogP) is 0.508. The van der Waals surface area contributed by atoms with Crippen molar-refractivity contribution in [2.45, 2.75) is 13.0 Å². The summed E-state index contributed by atoms with van der Waals surface area (Å²) in [5.74, 6) is 0. The fraction of sp³-hybridized carbons (Fsp3) is 0.667. The van der Waals surface area contributed by atoms with Crippen molar-refractivity contribution in [3.05, 3.63) is 12.3 Å². The van der Waals surface area contributed by atoms with Crippen LogP contribution in [0.1, 0.15) is 6.92 Å². The van der Waals surface area contributed by atoms with Gasteiger partial charge in [-0.2, -0.15) is 0 Å². The van der Waals surface area contributed by atoms with Crippen LogP contribution in [0.4, 0.5) is 0 Å². The van der Waals surface area contributed by atoms with Gasteiger partial charge in [-0.05, 0) is 13.1 Å². The van der Waals surface area contributed by atoms with Crippen LogP contribution in [0.15, 0.2) is 12.3 Å². The first kappa shape index (κ1) is 5.63. The first-order chi connectivity index (χ1) is 3.93. The molecule has 1 fully saturated rings. The Labute approximate surface area is 49.5 Å². The molecular formula is C6H11NO. The largest absolute Gasteiger partial charge is 0.388 e. The molecule has 1 unspecified atom stereocenters. The quantitative estimate of drug-likeness (QED) is 0.539. The summed E-state index contributed by atoms with van der Waals surface area (Å²) in [5, 5.41) is 3.09. The summed E-state index contributed by atoms with van der Waals surface area (Å²) < 4.78 is 4.96. The van der Waals surface area contributed by atoms with Gasteiger partial charge in [-0.25, -0.2) is 0 Å². The van der Waals surface area contributed by atoms with Gasteiger partial charge >= 0.3 is 0 Å². The zero-order valence-corrected chi connectivity index (χ0v) is 5.05. The van der Waals surface area contributed by atoms with Crippen molar-refractivity contribution in [3.8, 4) is 0 Å². The van der Waals surface area contributed by atoms with Gasteiger partial charge in [-0.3, -0.25) is 0 Å². The van der Waals surface area contributed by atoms with E-state index in [4.69, 9.17) is 4.74 Å². The Hall–Kier alpha value is -0.500. The molecule has 0 aromatic heterocycles. The van der Waals surface area contributed by atoms with Crippen LogP contribution in [0.5, 0.6) is 0 Å². The van der Waals surface area contributed by atoms with Gasteiger partial charge in [0.25, 0.3) is 0 Å². The summed E-state index contributed by atoms with van der Waals surface area (Å²) >= 11 is 0. The van der Waals surface area contributed by atoms with Crippen LogP contribution in [0.2, 0.25) is 0 Å². The molecule has 1 atom stereocenters. The highest BCUT2D eigenvalue weighted by atomic mass is 16.6. The zero-order valence-electron chi connectivity index (χ0n) is 5.05. The van der Waals surface area contributed by atoms with Crippen LogP contribution in [-0.2, 0) is 4.74 Å². The smallest absolute Gasteiger partial charge is 0.0981 e. The maximum absolute atomic E-state index is 4.96. The van der Waals surface area contributed by atoms with E-state index in [2.05, 4.69) is 5.32 Å². The zero-order chi connectivity index (χ0) is 5.82. The standard InChI is InChI=1S/C6H11NO/c1-2-3-7-4-6-5-8-6/h2-3,6-7H,4-5H2,1H3. The number of rotatable bonds is 3. The van der Waals surface area contributed by atoms with E-state index in [0.717, 1.165) is 13.2 Å². The molecule has 0 bridgehead atoms. The van der Waals surface area contributed by atoms with E-state index < -0.39 is 0 Å². The Bertz CT molecular complexity index is 86.5. The lowest BCUT2D eigenvalue weighted by atomic mass is 10.5. The number of allylic oxidation sites excluding steroid dienone is 1. The van der Waals surface area contributed by atoms with Gasteiger partial charge in [0.1, 0.15) is 0 Å². The Kier molecular flexibility index (Phi) is 1.92. The Morgan fingerprint density at radius 1 is 1.88 bits per heavy atom. The van der Waals surface area contributed by atoms with Crippen LogP contribution >= 0.6 is 0 Å². The van der Waals surface area contributed by atoms with Gasteiger partial charge in [0.05, 0.1) is 12.7 Å². The minimum absolute atomic E-state index is 0.492. The molecule has 1 aliphatic rings. The number of ether oxygens (including phenoxy) is 1. The monoisotopic (exact) mass is 113 g/mol. The molecule has 1 rings (SSSR count). The summed E-state index contributed by atoms with van der Waals surface area (Å²) in [7, 11) is 0. The minimum Gasteiger partial charge on any atom is -0.388 e. The van der Waals surface area contributed by atoms with Crippen molar-refractivity contribution in [1.29, 1.82) is 0 Å². The third-order valence-electron chi connectivity index (χ3n) is 1.03. The van der Waals surface area contributed by atoms with Crippen molar-refractivity contribution < 1.29 is 4.74 Å². The molecule has 0 spiro atoms. The van der Waals surface area contributed by atoms with Crippen LogP contribution in [0.3, 0.4) is 0 Å². The fourth-order valence-electron chi connectivity index (χ4n) is 0.503. The highest BCUT2D eigenvalue weighted by molar-refractivity contribution is 4.79. The second-order valence-electron chi connectivity index (χ2n) is 1.86. The molecule has 0 aromatic rings. The van der Waals surface area contributed by atoms with Crippen LogP contribution in [-0.4, -0.2) is 19.3 Å². The third kappa shape index (κ3) is 1.98. The fourth-order valence-corrected chi connectivity index (χ4v) is 0.503. The molecule has 0 saturated carbocycles. The van der Waals surface area contributed by atoms with Gasteiger partial charge < -0.3 is 10.1 Å². The van der Waals surface area contributed by atoms with Crippen molar-refractivity contribution in [2.75, 3.05) is 13.2 Å². The molecule has 1 aliphatic heterocycles. The number of nitrogens with one attached hydrogen (secondary N) is 1. The van der Waals surface area contributed by atoms with E-state index >= 15 is 0 Å². The van der Waals surface area contributed by atoms with Gasteiger partial charge in [0.15, 0.2) is 0 Å². The minimum atomic E-state index is 0.492. The molecule has 2 heteroatoms. The molecule has 0 aromatic carbocycles. The number of hydrogen-bond acceptors (Lipinski definition) is 2. The van der Waals surface area contributed by atoms with Crippen molar-refractivity contribution in [1.82, 2.24) is 5.32 Å². The first-order valence-corrected chi connectivity index (χ1v) is 2.89. The lowest BCUT2D eigenvalue weighted by molar-refractivity contribution is 0.405. The molecule has 2 nitrogen and oxygen atoms in total. The van der Waals surface area contributed by atoms with Crippen molar-refractivity contribution in [3.63, 3.8) is 0 Å². The second kappa shape index (κ2) is 2.72. The van der Waals surface area contributed by atoms with Gasteiger partial charge in [0, 0.05) is 6.54 Å². The second-order valence-corrected chi connectivity index (χ2v) is 1.86. The average Bonchev–Trinajstić information content (AvgIpc) is 2.51. The van der Waals surface area contributed by atoms with Crippen molar-refractivity contribution >= 4 is 0 Å². The third-order valence-corrected chi connectivity index (χ3v) is 1.03. The van der Waals surface area contributed by atoms with E-state index in [1.807, 2.05) is 19.2 Å². The predicted molar refractivity (Wildman–Crippen MR) is 32.6 cm³/mol. The highest BCUT2D eigenvalue weighted by Crippen LogP contribution is 2.05. The molecule has 1 heterocycles. The number of hydrogen-bond donors (Lipinski definition) is 1. The SMILES string of the molecule is CC=CNCC1CO1. The molecule has 1 N–H and O–H groups in total. The Morgan fingerprint density at radius 3 is 3.12 bits per heavy atom. The van der Waals surface area contributed by atoms with Gasteiger partial charge in [-0.1, -0.05) is 6.08 Å². The summed E-state index contributed by atoms with van der Waals surface area (Å²) in [4.78, 5) is 0. The molecule has 1 saturated heterocycles. The van der Waals surface area contributed by atoms with E-state index in [1.165, 1.54) is 0 Å². The molecule has 8 heavy (non-hydrogen) atoms. The highest BCUT2D eigenvalue weighted by Gasteiger charge is 2.20. The van der Waals surface area contributed by atoms with E-state index in [1.54, 1.807) is 0 Å². The van der Waals surface area contributed by atoms with E-state index in [0.29, 0.717) is 6.10 Å². The molecule has 0 amide bonds. The van der Waals surface area contributed by atoms with Crippen LogP contribution < -0.4 is 5.32 Å². The molecule has 0 aliphatic carbocycles. The lowest BCUT2D eigenvalue weighted by Crippen LogP contribution is -2.11. The number of epoxide rings is 1. The molecule has 0 radical (unpaired) electrons. The maximum Gasteiger partial charge on any atom is 0.0981 e. The van der Waals surface area contributed by atoms with Gasteiger partial charge in [-0.15, -0.1) is 0 Å². The van der Waals surface area contributed by atoms with Crippen LogP contribution in [0, 0.1) is 0 Å². The van der Waals surface area contributed by atoms with Crippen molar-refractivity contribution in [2.24, 2.45) is 0 Å². The normalized spacial score (nSPS) is 26.4. The van der Waals surface area contributed by atoms with E-state index in [9.17, 15) is 0 Å². The summed E-state index contributed by atoms with van der Waals surface area (Å²) in [6, 6.07) is 0. The summed E-state index contributed by atoms with van der Waals surface area (Å²) in [6.07, 6.45) is 4.40. The summed E-state index contributed by atoms with van der Waals surface area (Å²) in [5.41, 5.74) is 0. The first-order valence-electron chi connectivity index (χ1n) is 2.89. The lowest BCUT2D eigenvalue weighted by Gasteiger charge is -1.91. The van der Waals surface area contributed by atoms with Gasteiger partial charge in [0.2, 0.25) is 0 Å². The Balaban J connectivity index is 1.88.